The number of rotatable bonds is 8. The van der Waals surface area contributed by atoms with Crippen LogP contribution in [-0.4, -0.2) is 45.6 Å². The van der Waals surface area contributed by atoms with Crippen LogP contribution in [0, 0.1) is 6.92 Å². The average molecular weight is 384 g/mol. The minimum absolute atomic E-state index is 0.145. The highest BCUT2D eigenvalue weighted by atomic mass is 16.5. The van der Waals surface area contributed by atoms with E-state index in [1.165, 1.54) is 19.2 Å². The third-order valence-corrected chi connectivity index (χ3v) is 4.09. The zero-order chi connectivity index (χ0) is 20.1. The number of amides is 1. The Balaban J connectivity index is 1.55. The number of aromatic nitrogens is 3. The average Bonchev–Trinajstić information content (AvgIpc) is 3.31. The van der Waals surface area contributed by atoms with Crippen LogP contribution in [0.1, 0.15) is 37.7 Å². The standard InChI is InChI=1S/C19H20N4O5/c1-12-9-21-23(10-12)11-15-8-16(22-28-15)18(24)20-6-5-13-3-4-14(19(25)26)7-17(13)27-2/h3-4,7-10H,5-6,11H2,1-2H3,(H,20,24)(H,25,26). The molecule has 0 atom stereocenters. The predicted molar refractivity (Wildman–Crippen MR) is 98.6 cm³/mol. The lowest BCUT2D eigenvalue weighted by atomic mass is 10.1. The Morgan fingerprint density at radius 2 is 2.14 bits per heavy atom. The lowest BCUT2D eigenvalue weighted by Crippen LogP contribution is -2.26. The Morgan fingerprint density at radius 1 is 1.32 bits per heavy atom. The normalized spacial score (nSPS) is 10.6. The molecule has 0 aliphatic carbocycles. The zero-order valence-electron chi connectivity index (χ0n) is 15.5. The molecule has 146 valence electrons. The van der Waals surface area contributed by atoms with Crippen molar-refractivity contribution in [2.45, 2.75) is 19.9 Å². The van der Waals surface area contributed by atoms with Crippen LogP contribution < -0.4 is 10.1 Å². The van der Waals surface area contributed by atoms with Gasteiger partial charge < -0.3 is 19.7 Å². The maximum atomic E-state index is 12.2. The predicted octanol–water partition coefficient (Wildman–Crippen LogP) is 1.91. The minimum Gasteiger partial charge on any atom is -0.496 e. The molecule has 3 rings (SSSR count). The summed E-state index contributed by atoms with van der Waals surface area (Å²) >= 11 is 0. The maximum Gasteiger partial charge on any atom is 0.335 e. The van der Waals surface area contributed by atoms with Crippen molar-refractivity contribution in [3.63, 3.8) is 0 Å². The summed E-state index contributed by atoms with van der Waals surface area (Å²) in [6, 6.07) is 6.21. The van der Waals surface area contributed by atoms with E-state index < -0.39 is 5.97 Å². The highest BCUT2D eigenvalue weighted by Gasteiger charge is 2.14. The lowest BCUT2D eigenvalue weighted by Gasteiger charge is -2.09. The molecule has 2 heterocycles. The number of aryl methyl sites for hydroxylation is 1. The summed E-state index contributed by atoms with van der Waals surface area (Å²) in [5.74, 6) is -0.385. The van der Waals surface area contributed by atoms with Crippen molar-refractivity contribution in [1.82, 2.24) is 20.3 Å². The largest absolute Gasteiger partial charge is 0.496 e. The Morgan fingerprint density at radius 3 is 2.82 bits per heavy atom. The SMILES string of the molecule is COc1cc(C(=O)O)ccc1CCNC(=O)c1cc(Cn2cc(C)cn2)on1. The van der Waals surface area contributed by atoms with E-state index >= 15 is 0 Å². The van der Waals surface area contributed by atoms with Crippen LogP contribution >= 0.6 is 0 Å². The number of hydrogen-bond donors (Lipinski definition) is 2. The summed E-state index contributed by atoms with van der Waals surface area (Å²) in [7, 11) is 1.47. The summed E-state index contributed by atoms with van der Waals surface area (Å²) in [4.78, 5) is 23.3. The smallest absolute Gasteiger partial charge is 0.335 e. The molecule has 0 aliphatic heterocycles. The fourth-order valence-electron chi connectivity index (χ4n) is 2.69. The molecule has 9 heteroatoms. The van der Waals surface area contributed by atoms with Gasteiger partial charge in [-0.15, -0.1) is 0 Å². The number of carboxylic acid groups (broad SMARTS) is 1. The van der Waals surface area contributed by atoms with E-state index in [1.54, 1.807) is 23.0 Å². The van der Waals surface area contributed by atoms with Crippen LogP contribution in [0.3, 0.4) is 0 Å². The van der Waals surface area contributed by atoms with Gasteiger partial charge in [-0.1, -0.05) is 11.2 Å². The number of nitrogens with one attached hydrogen (secondary N) is 1. The third-order valence-electron chi connectivity index (χ3n) is 4.09. The van der Waals surface area contributed by atoms with E-state index in [0.29, 0.717) is 31.0 Å². The monoisotopic (exact) mass is 384 g/mol. The number of carbonyl (C=O) groups is 2. The van der Waals surface area contributed by atoms with E-state index in [1.807, 2.05) is 13.1 Å². The number of carboxylic acids is 1. The molecule has 0 aliphatic rings. The summed E-state index contributed by atoms with van der Waals surface area (Å²) < 4.78 is 12.1. The second kappa shape index (κ2) is 8.38. The van der Waals surface area contributed by atoms with E-state index in [2.05, 4.69) is 15.6 Å². The molecule has 0 saturated heterocycles. The van der Waals surface area contributed by atoms with E-state index in [4.69, 9.17) is 14.4 Å². The molecule has 9 nitrogen and oxygen atoms in total. The van der Waals surface area contributed by atoms with Crippen molar-refractivity contribution in [3.05, 3.63) is 64.8 Å². The maximum absolute atomic E-state index is 12.2. The fourth-order valence-corrected chi connectivity index (χ4v) is 2.69. The number of ether oxygens (including phenoxy) is 1. The second-order valence-corrected chi connectivity index (χ2v) is 6.23. The van der Waals surface area contributed by atoms with Gasteiger partial charge in [-0.3, -0.25) is 9.48 Å². The number of nitrogens with zero attached hydrogens (tertiary/aromatic N) is 3. The number of methoxy groups -OCH3 is 1. The van der Waals surface area contributed by atoms with Gasteiger partial charge in [0.25, 0.3) is 5.91 Å². The van der Waals surface area contributed by atoms with Crippen molar-refractivity contribution >= 4 is 11.9 Å². The Labute approximate surface area is 160 Å². The van der Waals surface area contributed by atoms with Gasteiger partial charge >= 0.3 is 5.97 Å². The first-order chi connectivity index (χ1) is 13.5. The first-order valence-corrected chi connectivity index (χ1v) is 8.59. The molecular formula is C19H20N4O5. The van der Waals surface area contributed by atoms with Crippen LogP contribution in [0.4, 0.5) is 0 Å². The van der Waals surface area contributed by atoms with E-state index in [-0.39, 0.29) is 17.2 Å². The zero-order valence-corrected chi connectivity index (χ0v) is 15.5. The molecule has 1 aromatic carbocycles. The Hall–Kier alpha value is -3.62. The van der Waals surface area contributed by atoms with Gasteiger partial charge in [0.15, 0.2) is 11.5 Å². The lowest BCUT2D eigenvalue weighted by molar-refractivity contribution is 0.0696. The van der Waals surface area contributed by atoms with Gasteiger partial charge in [0, 0.05) is 18.8 Å². The third kappa shape index (κ3) is 4.56. The van der Waals surface area contributed by atoms with Crippen molar-refractivity contribution in [3.8, 4) is 5.75 Å². The molecule has 28 heavy (non-hydrogen) atoms. The summed E-state index contributed by atoms with van der Waals surface area (Å²) in [5.41, 5.74) is 2.16. The highest BCUT2D eigenvalue weighted by molar-refractivity contribution is 5.92. The molecule has 0 radical (unpaired) electrons. The summed E-state index contributed by atoms with van der Waals surface area (Å²) in [6.45, 7) is 2.66. The number of hydrogen-bond acceptors (Lipinski definition) is 6. The summed E-state index contributed by atoms with van der Waals surface area (Å²) in [5, 5.41) is 19.7. The molecule has 0 bridgehead atoms. The van der Waals surface area contributed by atoms with Crippen LogP contribution in [0.5, 0.6) is 5.75 Å². The molecule has 0 unspecified atom stereocenters. The van der Waals surface area contributed by atoms with Crippen LogP contribution in [0.15, 0.2) is 41.2 Å². The number of carbonyl (C=O) groups excluding carboxylic acids is 1. The van der Waals surface area contributed by atoms with Crippen LogP contribution in [0.2, 0.25) is 0 Å². The fraction of sp³-hybridized carbons (Fsp3) is 0.263. The van der Waals surface area contributed by atoms with Crippen LogP contribution in [-0.2, 0) is 13.0 Å². The second-order valence-electron chi connectivity index (χ2n) is 6.23. The Kier molecular flexibility index (Phi) is 5.73. The molecule has 0 saturated carbocycles. The minimum atomic E-state index is -1.02. The number of benzene rings is 1. The van der Waals surface area contributed by atoms with E-state index in [0.717, 1.165) is 11.1 Å². The van der Waals surface area contributed by atoms with Crippen LogP contribution in [0.25, 0.3) is 0 Å². The van der Waals surface area contributed by atoms with Gasteiger partial charge in [-0.25, -0.2) is 4.79 Å². The molecular weight excluding hydrogens is 364 g/mol. The van der Waals surface area contributed by atoms with Gasteiger partial charge in [0.2, 0.25) is 0 Å². The van der Waals surface area contributed by atoms with Crippen molar-refractivity contribution in [1.29, 1.82) is 0 Å². The van der Waals surface area contributed by atoms with Crippen molar-refractivity contribution < 1.29 is 24.0 Å². The Bertz CT molecular complexity index is 992. The molecule has 0 spiro atoms. The highest BCUT2D eigenvalue weighted by Crippen LogP contribution is 2.20. The van der Waals surface area contributed by atoms with Gasteiger partial charge in [0.05, 0.1) is 18.9 Å². The molecule has 0 fully saturated rings. The first-order valence-electron chi connectivity index (χ1n) is 8.59. The molecule has 3 aromatic rings. The summed E-state index contributed by atoms with van der Waals surface area (Å²) in [6.07, 6.45) is 4.08. The molecule has 2 N–H and O–H groups in total. The topological polar surface area (TPSA) is 119 Å². The van der Waals surface area contributed by atoms with Crippen molar-refractivity contribution in [2.75, 3.05) is 13.7 Å². The molecule has 2 aromatic heterocycles. The van der Waals surface area contributed by atoms with Gasteiger partial charge in [-0.05, 0) is 36.6 Å². The van der Waals surface area contributed by atoms with Gasteiger partial charge in [-0.2, -0.15) is 5.10 Å². The van der Waals surface area contributed by atoms with E-state index in [9.17, 15) is 9.59 Å². The van der Waals surface area contributed by atoms with Crippen molar-refractivity contribution in [2.24, 2.45) is 0 Å². The van der Waals surface area contributed by atoms with Gasteiger partial charge in [0.1, 0.15) is 12.3 Å². The quantitative estimate of drug-likeness (QED) is 0.609. The first kappa shape index (κ1) is 19.2. The number of aromatic carboxylic acids is 1. The molecule has 1 amide bonds.